The lowest BCUT2D eigenvalue weighted by molar-refractivity contribution is -0.384. The van der Waals surface area contributed by atoms with Gasteiger partial charge in [0.15, 0.2) is 0 Å². The number of nitro benzene ring substituents is 1. The van der Waals surface area contributed by atoms with E-state index in [9.17, 15) is 20.2 Å². The second-order valence-electron chi connectivity index (χ2n) is 5.75. The summed E-state index contributed by atoms with van der Waals surface area (Å²) in [6.45, 7) is 0. The number of carbonyl (C=O) groups is 1. The number of rotatable bonds is 5. The summed E-state index contributed by atoms with van der Waals surface area (Å²) >= 11 is 11.8. The first-order valence-electron chi connectivity index (χ1n) is 8.10. The van der Waals surface area contributed by atoms with Crippen LogP contribution in [0.2, 0.25) is 10.0 Å². The van der Waals surface area contributed by atoms with Crippen molar-refractivity contribution in [3.8, 4) is 17.4 Å². The molecule has 0 atom stereocenters. The van der Waals surface area contributed by atoms with Crippen molar-refractivity contribution >= 4 is 46.6 Å². The summed E-state index contributed by atoms with van der Waals surface area (Å²) in [4.78, 5) is 22.5. The monoisotopic (exact) mass is 427 g/mol. The van der Waals surface area contributed by atoms with Gasteiger partial charge in [-0.1, -0.05) is 23.2 Å². The predicted octanol–water partition coefficient (Wildman–Crippen LogP) is 5.71. The van der Waals surface area contributed by atoms with Gasteiger partial charge in [-0.05, 0) is 42.5 Å². The van der Waals surface area contributed by atoms with Crippen LogP contribution in [0.15, 0.2) is 64.6 Å². The minimum absolute atomic E-state index is 0.0205. The number of nitrogens with zero attached hydrogens (tertiary/aromatic N) is 2. The van der Waals surface area contributed by atoms with E-state index in [1.54, 1.807) is 42.5 Å². The predicted molar refractivity (Wildman–Crippen MR) is 109 cm³/mol. The lowest BCUT2D eigenvalue weighted by Gasteiger charge is -2.06. The molecular weight excluding hydrogens is 417 g/mol. The van der Waals surface area contributed by atoms with E-state index in [-0.39, 0.29) is 22.0 Å². The molecule has 0 fully saturated rings. The fourth-order valence-electron chi connectivity index (χ4n) is 2.40. The van der Waals surface area contributed by atoms with Crippen molar-refractivity contribution in [3.63, 3.8) is 0 Å². The number of benzene rings is 2. The van der Waals surface area contributed by atoms with Gasteiger partial charge in [-0.2, -0.15) is 5.26 Å². The van der Waals surface area contributed by atoms with E-state index < -0.39 is 10.8 Å². The largest absolute Gasteiger partial charge is 0.457 e. The van der Waals surface area contributed by atoms with Crippen molar-refractivity contribution < 1.29 is 14.1 Å². The number of hydrogen-bond acceptors (Lipinski definition) is 5. The molecule has 29 heavy (non-hydrogen) atoms. The molecular formula is C20H11Cl2N3O4. The molecule has 0 saturated heterocycles. The number of furan rings is 1. The second-order valence-corrected chi connectivity index (χ2v) is 6.60. The van der Waals surface area contributed by atoms with Gasteiger partial charge in [0.1, 0.15) is 23.2 Å². The fraction of sp³-hybridized carbons (Fsp3) is 0. The summed E-state index contributed by atoms with van der Waals surface area (Å²) in [5.41, 5.74) is 0.491. The van der Waals surface area contributed by atoms with Gasteiger partial charge in [-0.3, -0.25) is 14.9 Å². The van der Waals surface area contributed by atoms with Crippen molar-refractivity contribution in [3.05, 3.63) is 86.1 Å². The number of amides is 1. The molecule has 3 rings (SSSR count). The first-order chi connectivity index (χ1) is 13.9. The average Bonchev–Trinajstić information content (AvgIpc) is 3.16. The summed E-state index contributed by atoms with van der Waals surface area (Å²) < 4.78 is 5.66. The number of carbonyl (C=O) groups excluding carboxylic acids is 1. The third-order valence-corrected chi connectivity index (χ3v) is 4.38. The number of halogens is 2. The molecule has 1 heterocycles. The maximum Gasteiger partial charge on any atom is 0.271 e. The average molecular weight is 428 g/mol. The van der Waals surface area contributed by atoms with E-state index in [1.807, 2.05) is 0 Å². The van der Waals surface area contributed by atoms with Crippen LogP contribution in [-0.2, 0) is 4.79 Å². The Morgan fingerprint density at radius 3 is 2.48 bits per heavy atom. The Kier molecular flexibility index (Phi) is 5.98. The Morgan fingerprint density at radius 2 is 1.86 bits per heavy atom. The summed E-state index contributed by atoms with van der Waals surface area (Å²) in [5.74, 6) is 0.119. The smallest absolute Gasteiger partial charge is 0.271 e. The van der Waals surface area contributed by atoms with E-state index in [4.69, 9.17) is 27.6 Å². The highest BCUT2D eigenvalue weighted by atomic mass is 35.5. The Labute approximate surface area is 174 Å². The number of nitriles is 1. The van der Waals surface area contributed by atoms with Gasteiger partial charge in [-0.15, -0.1) is 0 Å². The Morgan fingerprint density at radius 1 is 1.14 bits per heavy atom. The molecule has 0 spiro atoms. The number of nitro groups is 1. The van der Waals surface area contributed by atoms with Crippen LogP contribution >= 0.6 is 23.2 Å². The Bertz CT molecular complexity index is 1160. The fourth-order valence-corrected chi connectivity index (χ4v) is 2.75. The summed E-state index contributed by atoms with van der Waals surface area (Å²) in [7, 11) is 0. The number of non-ortho nitro benzene ring substituents is 1. The summed E-state index contributed by atoms with van der Waals surface area (Å²) in [6.07, 6.45) is 1.29. The van der Waals surface area contributed by atoms with Crippen LogP contribution < -0.4 is 5.32 Å². The Hall–Kier alpha value is -3.60. The maximum absolute atomic E-state index is 12.4. The molecule has 0 aliphatic rings. The molecule has 1 N–H and O–H groups in total. The van der Waals surface area contributed by atoms with Crippen LogP contribution in [0.25, 0.3) is 17.4 Å². The third-order valence-electron chi connectivity index (χ3n) is 3.82. The molecule has 0 aliphatic heterocycles. The molecule has 0 unspecified atom stereocenters. The van der Waals surface area contributed by atoms with Crippen molar-refractivity contribution in [1.29, 1.82) is 5.26 Å². The minimum atomic E-state index is -0.729. The van der Waals surface area contributed by atoms with Crippen LogP contribution in [0, 0.1) is 21.4 Å². The number of nitrogens with one attached hydrogen (secondary N) is 1. The van der Waals surface area contributed by atoms with Gasteiger partial charge in [0, 0.05) is 28.8 Å². The van der Waals surface area contributed by atoms with E-state index in [1.165, 1.54) is 18.2 Å². The zero-order chi connectivity index (χ0) is 21.0. The van der Waals surface area contributed by atoms with E-state index >= 15 is 0 Å². The van der Waals surface area contributed by atoms with Crippen LogP contribution in [0.3, 0.4) is 0 Å². The molecule has 144 valence electrons. The molecule has 9 heteroatoms. The molecule has 2 aromatic carbocycles. The zero-order valence-corrected chi connectivity index (χ0v) is 16.1. The molecule has 0 bridgehead atoms. The zero-order valence-electron chi connectivity index (χ0n) is 14.6. The first kappa shape index (κ1) is 20.1. The maximum atomic E-state index is 12.4. The summed E-state index contributed by atoms with van der Waals surface area (Å²) in [5, 5.41) is 23.1. The minimum Gasteiger partial charge on any atom is -0.457 e. The highest BCUT2D eigenvalue weighted by Gasteiger charge is 2.15. The van der Waals surface area contributed by atoms with Gasteiger partial charge in [0.05, 0.1) is 15.6 Å². The Balaban J connectivity index is 1.80. The molecule has 7 nitrogen and oxygen atoms in total. The van der Waals surface area contributed by atoms with Gasteiger partial charge in [0.25, 0.3) is 11.6 Å². The standard InChI is InChI=1S/C20H11Cl2N3O4/c21-14-3-1-12(2-4-14)19-8-6-16(29-19)9-13(11-23)20(26)24-18-7-5-15(25(27)28)10-17(18)22/h1-10H,(H,24,26)/b13-9+. The SMILES string of the molecule is N#C/C(=C\c1ccc(-c2ccc(Cl)cc2)o1)C(=O)Nc1ccc([N+](=O)[O-])cc1Cl. The molecule has 0 saturated carbocycles. The molecule has 1 aromatic heterocycles. The van der Waals surface area contributed by atoms with Gasteiger partial charge in [-0.25, -0.2) is 0 Å². The molecule has 0 aliphatic carbocycles. The van der Waals surface area contributed by atoms with Gasteiger partial charge in [0.2, 0.25) is 0 Å². The topological polar surface area (TPSA) is 109 Å². The van der Waals surface area contributed by atoms with Crippen LogP contribution in [0.5, 0.6) is 0 Å². The van der Waals surface area contributed by atoms with Gasteiger partial charge >= 0.3 is 0 Å². The van der Waals surface area contributed by atoms with Crippen molar-refractivity contribution in [2.75, 3.05) is 5.32 Å². The number of anilines is 1. The molecule has 3 aromatic rings. The summed E-state index contributed by atoms with van der Waals surface area (Å²) in [6, 6.07) is 15.7. The van der Waals surface area contributed by atoms with E-state index in [0.717, 1.165) is 11.6 Å². The van der Waals surface area contributed by atoms with Crippen molar-refractivity contribution in [1.82, 2.24) is 0 Å². The molecule has 0 radical (unpaired) electrons. The second kappa shape index (κ2) is 8.61. The third kappa shape index (κ3) is 4.82. The normalized spacial score (nSPS) is 11.0. The van der Waals surface area contributed by atoms with Crippen molar-refractivity contribution in [2.24, 2.45) is 0 Å². The van der Waals surface area contributed by atoms with Crippen LogP contribution in [-0.4, -0.2) is 10.8 Å². The van der Waals surface area contributed by atoms with Crippen molar-refractivity contribution in [2.45, 2.75) is 0 Å². The first-order valence-corrected chi connectivity index (χ1v) is 8.86. The highest BCUT2D eigenvalue weighted by molar-refractivity contribution is 6.34. The lowest BCUT2D eigenvalue weighted by atomic mass is 10.2. The van der Waals surface area contributed by atoms with E-state index in [2.05, 4.69) is 5.32 Å². The molecule has 1 amide bonds. The van der Waals surface area contributed by atoms with E-state index in [0.29, 0.717) is 16.5 Å². The highest BCUT2D eigenvalue weighted by Crippen LogP contribution is 2.28. The van der Waals surface area contributed by atoms with Crippen LogP contribution in [0.1, 0.15) is 5.76 Å². The van der Waals surface area contributed by atoms with Crippen LogP contribution in [0.4, 0.5) is 11.4 Å². The number of hydrogen-bond donors (Lipinski definition) is 1. The quantitative estimate of drug-likeness (QED) is 0.242. The lowest BCUT2D eigenvalue weighted by Crippen LogP contribution is -2.13. The van der Waals surface area contributed by atoms with Gasteiger partial charge < -0.3 is 9.73 Å².